The summed E-state index contributed by atoms with van der Waals surface area (Å²) >= 11 is 11.3. The lowest BCUT2D eigenvalue weighted by atomic mass is 9.95. The molecule has 0 radical (unpaired) electrons. The molecule has 0 unspecified atom stereocenters. The Morgan fingerprint density at radius 2 is 1.88 bits per heavy atom. The van der Waals surface area contributed by atoms with Crippen LogP contribution in [0.5, 0.6) is 0 Å². The van der Waals surface area contributed by atoms with E-state index in [-0.39, 0.29) is 9.91 Å². The molecule has 16 heavy (non-hydrogen) atoms. The molecule has 0 aliphatic heterocycles. The van der Waals surface area contributed by atoms with Gasteiger partial charge in [-0.05, 0) is 11.6 Å². The first-order chi connectivity index (χ1) is 7.49. The molecule has 0 N–H and O–H groups in total. The largest absolute Gasteiger partial charge is 0.376 e. The summed E-state index contributed by atoms with van der Waals surface area (Å²) in [5.74, 6) is 0. The fourth-order valence-electron chi connectivity index (χ4n) is 1.34. The minimum absolute atomic E-state index is 0.145. The van der Waals surface area contributed by atoms with E-state index < -0.39 is 0 Å². The zero-order chi connectivity index (χ0) is 12.0. The molecule has 0 heterocycles. The molecule has 0 aliphatic carbocycles. The van der Waals surface area contributed by atoms with Crippen LogP contribution in [0.1, 0.15) is 19.4 Å². The van der Waals surface area contributed by atoms with Crippen LogP contribution in [-0.4, -0.2) is 6.61 Å². The van der Waals surface area contributed by atoms with E-state index in [0.717, 1.165) is 0 Å². The average Bonchev–Trinajstić information content (AvgIpc) is 2.16. The maximum absolute atomic E-state index is 5.63. The van der Waals surface area contributed by atoms with Gasteiger partial charge in [-0.2, -0.15) is 0 Å². The molecule has 0 aromatic heterocycles. The van der Waals surface area contributed by atoms with Crippen molar-refractivity contribution >= 4 is 23.2 Å². The third-order valence-electron chi connectivity index (χ3n) is 2.09. The van der Waals surface area contributed by atoms with Crippen LogP contribution < -0.4 is 0 Å². The Kier molecular flexibility index (Phi) is 5.33. The fourth-order valence-corrected chi connectivity index (χ4v) is 1.93. The molecule has 1 aromatic rings. The summed E-state index contributed by atoms with van der Waals surface area (Å²) in [4.78, 5) is 0. The summed E-state index contributed by atoms with van der Waals surface area (Å²) in [7, 11) is 0. The van der Waals surface area contributed by atoms with Crippen LogP contribution in [0.15, 0.2) is 40.9 Å². The standard InChI is InChI=1S/C13H16Cl2O/c1-13(2,8-12(14)15)10-16-9-11-6-4-3-5-7-11/h3-8H,9-10H2,1-2H3. The monoisotopic (exact) mass is 258 g/mol. The summed E-state index contributed by atoms with van der Waals surface area (Å²) in [6, 6.07) is 10.1. The number of benzene rings is 1. The molecule has 1 aromatic carbocycles. The highest BCUT2D eigenvalue weighted by Gasteiger charge is 2.15. The van der Waals surface area contributed by atoms with Gasteiger partial charge >= 0.3 is 0 Å². The first-order valence-corrected chi connectivity index (χ1v) is 5.91. The van der Waals surface area contributed by atoms with Crippen LogP contribution in [0.3, 0.4) is 0 Å². The lowest BCUT2D eigenvalue weighted by molar-refractivity contribution is 0.0717. The van der Waals surface area contributed by atoms with Gasteiger partial charge in [-0.3, -0.25) is 0 Å². The lowest BCUT2D eigenvalue weighted by Gasteiger charge is -2.20. The Morgan fingerprint density at radius 3 is 2.44 bits per heavy atom. The molecule has 0 bridgehead atoms. The van der Waals surface area contributed by atoms with Gasteiger partial charge in [0.15, 0.2) is 0 Å². The predicted octanol–water partition coefficient (Wildman–Crippen LogP) is 4.55. The molecule has 0 amide bonds. The lowest BCUT2D eigenvalue weighted by Crippen LogP contribution is -2.16. The van der Waals surface area contributed by atoms with Crippen LogP contribution in [-0.2, 0) is 11.3 Å². The molecule has 0 aliphatic rings. The van der Waals surface area contributed by atoms with E-state index in [0.29, 0.717) is 13.2 Å². The van der Waals surface area contributed by atoms with Gasteiger partial charge < -0.3 is 4.74 Å². The van der Waals surface area contributed by atoms with E-state index in [2.05, 4.69) is 0 Å². The van der Waals surface area contributed by atoms with Crippen molar-refractivity contribution < 1.29 is 4.74 Å². The maximum Gasteiger partial charge on any atom is 0.103 e. The van der Waals surface area contributed by atoms with Gasteiger partial charge in [-0.25, -0.2) is 0 Å². The number of rotatable bonds is 5. The molecule has 0 atom stereocenters. The molecular weight excluding hydrogens is 243 g/mol. The van der Waals surface area contributed by atoms with Crippen molar-refractivity contribution in [2.24, 2.45) is 5.41 Å². The van der Waals surface area contributed by atoms with Crippen molar-refractivity contribution in [3.05, 3.63) is 46.5 Å². The first-order valence-electron chi connectivity index (χ1n) is 5.15. The van der Waals surface area contributed by atoms with E-state index in [1.54, 1.807) is 6.08 Å². The zero-order valence-corrected chi connectivity index (χ0v) is 11.1. The number of halogens is 2. The zero-order valence-electron chi connectivity index (χ0n) is 9.54. The summed E-state index contributed by atoms with van der Waals surface area (Å²) in [5.41, 5.74) is 1.02. The molecular formula is C13H16Cl2O. The van der Waals surface area contributed by atoms with Gasteiger partial charge in [0.05, 0.1) is 13.2 Å². The molecule has 0 saturated heterocycles. The van der Waals surface area contributed by atoms with Gasteiger partial charge in [0, 0.05) is 5.41 Å². The van der Waals surface area contributed by atoms with Crippen molar-refractivity contribution in [3.8, 4) is 0 Å². The van der Waals surface area contributed by atoms with Crippen LogP contribution in [0.4, 0.5) is 0 Å². The Labute approximate surface area is 107 Å². The van der Waals surface area contributed by atoms with Crippen molar-refractivity contribution in [2.45, 2.75) is 20.5 Å². The van der Waals surface area contributed by atoms with Gasteiger partial charge in [0.25, 0.3) is 0 Å². The first kappa shape index (κ1) is 13.6. The molecule has 3 heteroatoms. The minimum atomic E-state index is -0.145. The van der Waals surface area contributed by atoms with Crippen LogP contribution in [0, 0.1) is 5.41 Å². The number of hydrogen-bond acceptors (Lipinski definition) is 1. The second-order valence-electron chi connectivity index (χ2n) is 4.40. The Bertz CT molecular complexity index is 340. The normalized spacial score (nSPS) is 11.2. The van der Waals surface area contributed by atoms with Crippen LogP contribution in [0.2, 0.25) is 0 Å². The highest BCUT2D eigenvalue weighted by molar-refractivity contribution is 6.55. The minimum Gasteiger partial charge on any atom is -0.376 e. The van der Waals surface area contributed by atoms with Gasteiger partial charge in [0.1, 0.15) is 4.49 Å². The Morgan fingerprint density at radius 1 is 1.25 bits per heavy atom. The van der Waals surface area contributed by atoms with Crippen molar-refractivity contribution in [3.63, 3.8) is 0 Å². The molecule has 88 valence electrons. The second-order valence-corrected chi connectivity index (χ2v) is 5.41. The topological polar surface area (TPSA) is 9.23 Å². The number of ether oxygens (including phenoxy) is 1. The summed E-state index contributed by atoms with van der Waals surface area (Å²) in [6.07, 6.45) is 1.79. The third kappa shape index (κ3) is 5.55. The van der Waals surface area contributed by atoms with Crippen LogP contribution >= 0.6 is 23.2 Å². The second kappa shape index (κ2) is 6.29. The quantitative estimate of drug-likeness (QED) is 0.753. The Hall–Kier alpha value is -0.500. The molecule has 0 fully saturated rings. The van der Waals surface area contributed by atoms with Gasteiger partial charge in [0.2, 0.25) is 0 Å². The van der Waals surface area contributed by atoms with Crippen molar-refractivity contribution in [1.29, 1.82) is 0 Å². The third-order valence-corrected chi connectivity index (χ3v) is 2.30. The van der Waals surface area contributed by atoms with Crippen molar-refractivity contribution in [2.75, 3.05) is 6.61 Å². The van der Waals surface area contributed by atoms with Gasteiger partial charge in [-0.1, -0.05) is 67.4 Å². The molecule has 1 nitrogen and oxygen atoms in total. The van der Waals surface area contributed by atoms with E-state index in [9.17, 15) is 0 Å². The maximum atomic E-state index is 5.63. The van der Waals surface area contributed by atoms with E-state index in [4.69, 9.17) is 27.9 Å². The summed E-state index contributed by atoms with van der Waals surface area (Å²) < 4.78 is 5.91. The van der Waals surface area contributed by atoms with Crippen molar-refractivity contribution in [1.82, 2.24) is 0 Å². The Balaban J connectivity index is 2.39. The molecule has 0 spiro atoms. The SMILES string of the molecule is CC(C)(C=C(Cl)Cl)COCc1ccccc1. The highest BCUT2D eigenvalue weighted by atomic mass is 35.5. The van der Waals surface area contributed by atoms with Gasteiger partial charge in [-0.15, -0.1) is 0 Å². The fraction of sp³-hybridized carbons (Fsp3) is 0.385. The summed E-state index contributed by atoms with van der Waals surface area (Å²) in [5, 5.41) is 0. The summed E-state index contributed by atoms with van der Waals surface area (Å²) in [6.45, 7) is 5.26. The predicted molar refractivity (Wildman–Crippen MR) is 69.7 cm³/mol. The number of hydrogen-bond donors (Lipinski definition) is 0. The molecule has 1 rings (SSSR count). The van der Waals surface area contributed by atoms with Crippen LogP contribution in [0.25, 0.3) is 0 Å². The van der Waals surface area contributed by atoms with E-state index >= 15 is 0 Å². The smallest absolute Gasteiger partial charge is 0.103 e. The van der Waals surface area contributed by atoms with E-state index in [1.807, 2.05) is 44.2 Å². The van der Waals surface area contributed by atoms with E-state index in [1.165, 1.54) is 5.56 Å². The molecule has 0 saturated carbocycles. The highest BCUT2D eigenvalue weighted by Crippen LogP contribution is 2.23. The average molecular weight is 259 g/mol.